The maximum absolute atomic E-state index is 13.2. The topological polar surface area (TPSA) is 76.0 Å². The Morgan fingerprint density at radius 3 is 2.77 bits per heavy atom. The van der Waals surface area contributed by atoms with Gasteiger partial charge in [-0.25, -0.2) is 0 Å². The van der Waals surface area contributed by atoms with Crippen molar-refractivity contribution in [3.63, 3.8) is 0 Å². The zero-order valence-electron chi connectivity index (χ0n) is 17.0. The van der Waals surface area contributed by atoms with Gasteiger partial charge in [0.15, 0.2) is 0 Å². The van der Waals surface area contributed by atoms with Gasteiger partial charge < -0.3 is 10.6 Å². The Labute approximate surface area is 186 Å². The van der Waals surface area contributed by atoms with Gasteiger partial charge in [-0.2, -0.15) is 5.10 Å². The van der Waals surface area contributed by atoms with Crippen LogP contribution >= 0.6 is 23.2 Å². The first-order valence-electron chi connectivity index (χ1n) is 10.4. The molecule has 1 unspecified atom stereocenters. The normalized spacial score (nSPS) is 19.5. The predicted molar refractivity (Wildman–Crippen MR) is 117 cm³/mol. The lowest BCUT2D eigenvalue weighted by molar-refractivity contribution is -0.119. The maximum atomic E-state index is 13.2. The van der Waals surface area contributed by atoms with Crippen LogP contribution in [0.25, 0.3) is 0 Å². The SMILES string of the molecule is CC(=O)NCC1CCn2ncc(C(=O)NC3(Cc4ccc(Cl)cc4Cl)CCC3)c2C1. The number of nitrogens with zero attached hydrogens (tertiary/aromatic N) is 2. The fraction of sp³-hybridized carbons (Fsp3) is 0.500. The molecule has 30 heavy (non-hydrogen) atoms. The van der Waals surface area contributed by atoms with Crippen molar-refractivity contribution in [2.24, 2.45) is 5.92 Å². The summed E-state index contributed by atoms with van der Waals surface area (Å²) in [6.45, 7) is 2.91. The van der Waals surface area contributed by atoms with E-state index in [2.05, 4.69) is 15.7 Å². The molecule has 160 valence electrons. The molecule has 2 heterocycles. The summed E-state index contributed by atoms with van der Waals surface area (Å²) in [6.07, 6.45) is 6.96. The van der Waals surface area contributed by atoms with E-state index in [1.165, 1.54) is 6.92 Å². The standard InChI is InChI=1S/C22H26Cl2N4O2/c1-14(29)25-12-15-5-8-28-20(9-15)18(13-26-28)21(30)27-22(6-2-7-22)11-16-3-4-17(23)10-19(16)24/h3-4,10,13,15H,2,5-9,11-12H2,1H3,(H,25,29)(H,27,30). The summed E-state index contributed by atoms with van der Waals surface area (Å²) in [6, 6.07) is 5.52. The predicted octanol–water partition coefficient (Wildman–Crippen LogP) is 3.78. The Hall–Kier alpha value is -2.05. The Morgan fingerprint density at radius 1 is 1.30 bits per heavy atom. The molecule has 1 aromatic heterocycles. The number of fused-ring (bicyclic) bond motifs is 1. The van der Waals surface area contributed by atoms with Crippen molar-refractivity contribution in [1.29, 1.82) is 0 Å². The molecule has 1 aliphatic heterocycles. The second kappa shape index (κ2) is 8.60. The van der Waals surface area contributed by atoms with Crippen molar-refractivity contribution in [3.05, 3.63) is 51.3 Å². The quantitative estimate of drug-likeness (QED) is 0.705. The highest BCUT2D eigenvalue weighted by atomic mass is 35.5. The summed E-state index contributed by atoms with van der Waals surface area (Å²) in [5.74, 6) is 0.205. The molecule has 1 saturated carbocycles. The van der Waals surface area contributed by atoms with Crippen molar-refractivity contribution < 1.29 is 9.59 Å². The molecule has 1 aliphatic carbocycles. The monoisotopic (exact) mass is 448 g/mol. The highest BCUT2D eigenvalue weighted by Crippen LogP contribution is 2.37. The molecular weight excluding hydrogens is 423 g/mol. The molecule has 0 spiro atoms. The highest BCUT2D eigenvalue weighted by Gasteiger charge is 2.40. The van der Waals surface area contributed by atoms with E-state index in [0.717, 1.165) is 49.9 Å². The van der Waals surface area contributed by atoms with E-state index in [4.69, 9.17) is 23.2 Å². The number of carbonyl (C=O) groups excluding carboxylic acids is 2. The number of nitrogens with one attached hydrogen (secondary N) is 2. The largest absolute Gasteiger partial charge is 0.356 e. The molecule has 2 amide bonds. The number of carbonyl (C=O) groups is 2. The number of aryl methyl sites for hydroxylation is 1. The molecule has 1 atom stereocenters. The molecule has 1 aromatic carbocycles. The Morgan fingerprint density at radius 2 is 2.10 bits per heavy atom. The number of hydrogen-bond donors (Lipinski definition) is 2. The van der Waals surface area contributed by atoms with Crippen molar-refractivity contribution in [3.8, 4) is 0 Å². The fourth-order valence-corrected chi connectivity index (χ4v) is 4.91. The van der Waals surface area contributed by atoms with E-state index in [1.807, 2.05) is 16.8 Å². The molecule has 0 radical (unpaired) electrons. The Balaban J connectivity index is 1.47. The number of halogens is 2. The zero-order valence-corrected chi connectivity index (χ0v) is 18.5. The maximum Gasteiger partial charge on any atom is 0.255 e. The van der Waals surface area contributed by atoms with Gasteiger partial charge in [0.2, 0.25) is 5.91 Å². The van der Waals surface area contributed by atoms with Crippen molar-refractivity contribution in [1.82, 2.24) is 20.4 Å². The molecule has 2 N–H and O–H groups in total. The van der Waals surface area contributed by atoms with Crippen LogP contribution in [0.15, 0.2) is 24.4 Å². The smallest absolute Gasteiger partial charge is 0.255 e. The van der Waals surface area contributed by atoms with Crippen LogP contribution in [0.3, 0.4) is 0 Å². The number of hydrogen-bond acceptors (Lipinski definition) is 3. The lowest BCUT2D eigenvalue weighted by atomic mass is 9.72. The molecule has 1 fully saturated rings. The van der Waals surface area contributed by atoms with E-state index in [9.17, 15) is 9.59 Å². The Bertz CT molecular complexity index is 968. The van der Waals surface area contributed by atoms with Gasteiger partial charge in [0.25, 0.3) is 5.91 Å². The summed E-state index contributed by atoms with van der Waals surface area (Å²) in [7, 11) is 0. The van der Waals surface area contributed by atoms with Crippen LogP contribution in [0.1, 0.15) is 54.2 Å². The average Bonchev–Trinajstić information content (AvgIpc) is 3.10. The summed E-state index contributed by atoms with van der Waals surface area (Å²) in [5, 5.41) is 11.8. The van der Waals surface area contributed by atoms with Crippen molar-refractivity contribution in [2.75, 3.05) is 6.54 Å². The minimum absolute atomic E-state index is 0.0279. The summed E-state index contributed by atoms with van der Waals surface area (Å²) < 4.78 is 1.92. The zero-order chi connectivity index (χ0) is 21.3. The first-order valence-corrected chi connectivity index (χ1v) is 11.2. The average molecular weight is 449 g/mol. The van der Waals surface area contributed by atoms with Crippen LogP contribution in [0.2, 0.25) is 10.0 Å². The summed E-state index contributed by atoms with van der Waals surface area (Å²) >= 11 is 12.4. The van der Waals surface area contributed by atoms with Gasteiger partial charge in [-0.1, -0.05) is 29.3 Å². The third kappa shape index (κ3) is 4.49. The van der Waals surface area contributed by atoms with Crippen LogP contribution < -0.4 is 10.6 Å². The molecule has 0 bridgehead atoms. The molecule has 2 aliphatic rings. The molecule has 6 nitrogen and oxygen atoms in total. The van der Waals surface area contributed by atoms with Crippen LogP contribution in [0, 0.1) is 5.92 Å². The van der Waals surface area contributed by atoms with Gasteiger partial charge in [0.1, 0.15) is 0 Å². The second-order valence-electron chi connectivity index (χ2n) is 8.52. The van der Waals surface area contributed by atoms with E-state index < -0.39 is 0 Å². The van der Waals surface area contributed by atoms with Gasteiger partial charge in [-0.15, -0.1) is 0 Å². The number of benzene rings is 1. The number of amides is 2. The van der Waals surface area contributed by atoms with E-state index >= 15 is 0 Å². The minimum Gasteiger partial charge on any atom is -0.356 e. The van der Waals surface area contributed by atoms with E-state index in [0.29, 0.717) is 34.5 Å². The molecule has 4 rings (SSSR count). The van der Waals surface area contributed by atoms with Crippen LogP contribution in [0.4, 0.5) is 0 Å². The van der Waals surface area contributed by atoms with Crippen LogP contribution in [-0.2, 0) is 24.2 Å². The Kier molecular flexibility index (Phi) is 6.07. The van der Waals surface area contributed by atoms with Gasteiger partial charge in [0, 0.05) is 35.6 Å². The lowest BCUT2D eigenvalue weighted by Gasteiger charge is -2.43. The van der Waals surface area contributed by atoms with Gasteiger partial charge in [-0.3, -0.25) is 14.3 Å². The molecule has 0 saturated heterocycles. The van der Waals surface area contributed by atoms with Crippen LogP contribution in [0.5, 0.6) is 0 Å². The number of aromatic nitrogens is 2. The third-order valence-electron chi connectivity index (χ3n) is 6.30. The number of rotatable bonds is 6. The third-order valence-corrected chi connectivity index (χ3v) is 6.88. The van der Waals surface area contributed by atoms with Crippen molar-refractivity contribution in [2.45, 2.75) is 57.5 Å². The highest BCUT2D eigenvalue weighted by molar-refractivity contribution is 6.35. The van der Waals surface area contributed by atoms with Crippen LogP contribution in [-0.4, -0.2) is 33.7 Å². The lowest BCUT2D eigenvalue weighted by Crippen LogP contribution is -2.55. The molecular formula is C22H26Cl2N4O2. The van der Waals surface area contributed by atoms with Gasteiger partial charge in [0.05, 0.1) is 17.5 Å². The van der Waals surface area contributed by atoms with Gasteiger partial charge in [-0.05, 0) is 62.1 Å². The van der Waals surface area contributed by atoms with E-state index in [-0.39, 0.29) is 17.4 Å². The summed E-state index contributed by atoms with van der Waals surface area (Å²) in [5.41, 5.74) is 2.30. The summed E-state index contributed by atoms with van der Waals surface area (Å²) in [4.78, 5) is 24.4. The molecule has 2 aromatic rings. The fourth-order valence-electron chi connectivity index (χ4n) is 4.44. The minimum atomic E-state index is -0.284. The first-order chi connectivity index (χ1) is 14.3. The van der Waals surface area contributed by atoms with E-state index in [1.54, 1.807) is 12.3 Å². The second-order valence-corrected chi connectivity index (χ2v) is 9.37. The first kappa shape index (κ1) is 21.2. The molecule has 8 heteroatoms. The van der Waals surface area contributed by atoms with Crippen molar-refractivity contribution >= 4 is 35.0 Å². The van der Waals surface area contributed by atoms with Gasteiger partial charge >= 0.3 is 0 Å².